The van der Waals surface area contributed by atoms with Gasteiger partial charge in [0.2, 0.25) is 0 Å². The molecule has 34 heavy (non-hydrogen) atoms. The van der Waals surface area contributed by atoms with E-state index in [-0.39, 0.29) is 39.7 Å². The molecule has 1 aliphatic carbocycles. The van der Waals surface area contributed by atoms with Crippen LogP contribution in [0.2, 0.25) is 10.0 Å². The zero-order valence-electron chi connectivity index (χ0n) is 18.2. The Morgan fingerprint density at radius 2 is 1.97 bits per heavy atom. The molecule has 1 aromatic carbocycles. The Balaban J connectivity index is 1.71. The van der Waals surface area contributed by atoms with Gasteiger partial charge >= 0.3 is 5.82 Å². The van der Waals surface area contributed by atoms with Gasteiger partial charge in [-0.05, 0) is 67.4 Å². The highest BCUT2D eigenvalue weighted by molar-refractivity contribution is 6.32. The van der Waals surface area contributed by atoms with E-state index in [1.54, 1.807) is 19.1 Å². The number of carbonyl (C=O) groups excluding carboxylic acids is 2. The molecule has 176 valence electrons. The predicted octanol–water partition coefficient (Wildman–Crippen LogP) is 4.57. The van der Waals surface area contributed by atoms with Crippen LogP contribution in [0, 0.1) is 23.0 Å². The molecule has 10 nitrogen and oxygen atoms in total. The van der Waals surface area contributed by atoms with E-state index in [0.717, 1.165) is 23.6 Å². The topological polar surface area (TPSA) is 132 Å². The lowest BCUT2D eigenvalue weighted by molar-refractivity contribution is -0.389. The first-order valence-corrected chi connectivity index (χ1v) is 11.2. The highest BCUT2D eigenvalue weighted by atomic mass is 35.5. The maximum atomic E-state index is 13.3. The minimum Gasteiger partial charge on any atom is -0.358 e. The molecule has 3 aromatic rings. The monoisotopic (exact) mass is 502 g/mol. The highest BCUT2D eigenvalue weighted by Crippen LogP contribution is 2.33. The van der Waals surface area contributed by atoms with Gasteiger partial charge in [-0.1, -0.05) is 23.2 Å². The molecule has 0 radical (unpaired) electrons. The SMILES string of the molecule is Cc1cc(Cl)cc(C(=O)NC(C)C2CC2)c1NC(=O)c1cc([N+](=O)[O-])nn1-c1ncccc1Cl. The number of rotatable bonds is 7. The van der Waals surface area contributed by atoms with E-state index in [2.05, 4.69) is 20.7 Å². The number of carbonyl (C=O) groups is 2. The van der Waals surface area contributed by atoms with E-state index in [9.17, 15) is 19.7 Å². The van der Waals surface area contributed by atoms with Gasteiger partial charge in [0.15, 0.2) is 11.5 Å². The van der Waals surface area contributed by atoms with Gasteiger partial charge in [0, 0.05) is 17.3 Å². The van der Waals surface area contributed by atoms with Gasteiger partial charge in [-0.3, -0.25) is 9.59 Å². The maximum absolute atomic E-state index is 13.3. The molecule has 1 aliphatic rings. The number of nitrogens with zero attached hydrogens (tertiary/aromatic N) is 4. The van der Waals surface area contributed by atoms with Gasteiger partial charge in [-0.2, -0.15) is 0 Å². The minimum absolute atomic E-state index is 0.0225. The van der Waals surface area contributed by atoms with Crippen LogP contribution in [-0.2, 0) is 0 Å². The number of halogens is 2. The molecule has 2 aromatic heterocycles. The molecule has 1 unspecified atom stereocenters. The number of amides is 2. The summed E-state index contributed by atoms with van der Waals surface area (Å²) in [5.74, 6) is -1.20. The van der Waals surface area contributed by atoms with Crippen molar-refractivity contribution in [3.05, 3.63) is 73.5 Å². The molecule has 2 amide bonds. The standard InChI is InChI=1S/C22H20Cl2N6O4/c1-11-8-14(23)9-15(21(31)26-12(2)13-5-6-13)19(11)27-22(32)17-10-18(30(33)34)28-29(17)20-16(24)4-3-7-25-20/h3-4,7-10,12-13H,5-6H2,1-2H3,(H,26,31)(H,27,32). The molecule has 1 fully saturated rings. The van der Waals surface area contributed by atoms with Gasteiger partial charge in [0.25, 0.3) is 11.8 Å². The number of hydrogen-bond acceptors (Lipinski definition) is 6. The largest absolute Gasteiger partial charge is 0.391 e. The second-order valence-electron chi connectivity index (χ2n) is 8.06. The average molecular weight is 503 g/mol. The lowest BCUT2D eigenvalue weighted by Crippen LogP contribution is -2.34. The summed E-state index contributed by atoms with van der Waals surface area (Å²) >= 11 is 12.4. The van der Waals surface area contributed by atoms with Gasteiger partial charge < -0.3 is 20.7 Å². The number of anilines is 1. The number of nitrogens with one attached hydrogen (secondary N) is 2. The van der Waals surface area contributed by atoms with Gasteiger partial charge in [0.1, 0.15) is 0 Å². The van der Waals surface area contributed by atoms with Crippen LogP contribution in [0.1, 0.15) is 46.2 Å². The van der Waals surface area contributed by atoms with Crippen LogP contribution in [0.4, 0.5) is 11.5 Å². The molecular formula is C22H20Cl2N6O4. The number of nitro groups is 1. The van der Waals surface area contributed by atoms with Crippen molar-refractivity contribution in [3.63, 3.8) is 0 Å². The first kappa shape index (κ1) is 23.7. The first-order chi connectivity index (χ1) is 16.2. The number of pyridine rings is 1. The number of aryl methyl sites for hydroxylation is 1. The molecule has 0 aliphatic heterocycles. The number of benzene rings is 1. The Morgan fingerprint density at radius 1 is 1.24 bits per heavy atom. The van der Waals surface area contributed by atoms with E-state index in [0.29, 0.717) is 16.5 Å². The molecule has 0 spiro atoms. The van der Waals surface area contributed by atoms with Crippen LogP contribution >= 0.6 is 23.2 Å². The summed E-state index contributed by atoms with van der Waals surface area (Å²) in [6, 6.07) is 7.16. The molecule has 1 atom stereocenters. The van der Waals surface area contributed by atoms with E-state index in [1.165, 1.54) is 18.3 Å². The second kappa shape index (κ2) is 9.40. The third-order valence-electron chi connectivity index (χ3n) is 5.53. The third-order valence-corrected chi connectivity index (χ3v) is 6.04. The predicted molar refractivity (Wildman–Crippen MR) is 127 cm³/mol. The summed E-state index contributed by atoms with van der Waals surface area (Å²) in [4.78, 5) is 41.0. The molecule has 2 N–H and O–H groups in total. The molecule has 4 rings (SSSR count). The van der Waals surface area contributed by atoms with E-state index < -0.39 is 16.6 Å². The Bertz CT molecular complexity index is 1300. The van der Waals surface area contributed by atoms with E-state index in [4.69, 9.17) is 23.2 Å². The molecule has 0 bridgehead atoms. The highest BCUT2D eigenvalue weighted by Gasteiger charge is 2.31. The summed E-state index contributed by atoms with van der Waals surface area (Å²) in [7, 11) is 0. The smallest absolute Gasteiger partial charge is 0.358 e. The van der Waals surface area contributed by atoms with Crippen molar-refractivity contribution in [2.45, 2.75) is 32.7 Å². The van der Waals surface area contributed by atoms with Gasteiger partial charge in [0.05, 0.1) is 27.4 Å². The van der Waals surface area contributed by atoms with Crippen LogP contribution in [0.15, 0.2) is 36.5 Å². The normalized spacial score (nSPS) is 13.9. The van der Waals surface area contributed by atoms with Crippen LogP contribution in [-0.4, -0.2) is 37.5 Å². The van der Waals surface area contributed by atoms with Crippen molar-refractivity contribution < 1.29 is 14.5 Å². The second-order valence-corrected chi connectivity index (χ2v) is 8.91. The van der Waals surface area contributed by atoms with Crippen LogP contribution in [0.5, 0.6) is 0 Å². The van der Waals surface area contributed by atoms with Crippen molar-refractivity contribution in [3.8, 4) is 5.82 Å². The first-order valence-electron chi connectivity index (χ1n) is 10.4. The summed E-state index contributed by atoms with van der Waals surface area (Å²) < 4.78 is 0.996. The molecule has 0 saturated heterocycles. The van der Waals surface area contributed by atoms with Gasteiger partial charge in [-0.25, -0.2) is 4.98 Å². The summed E-state index contributed by atoms with van der Waals surface area (Å²) in [5, 5.41) is 21.3. The Kier molecular flexibility index (Phi) is 6.54. The van der Waals surface area contributed by atoms with Gasteiger partial charge in [-0.15, -0.1) is 4.68 Å². The number of hydrogen-bond donors (Lipinski definition) is 2. The lowest BCUT2D eigenvalue weighted by Gasteiger charge is -2.17. The van der Waals surface area contributed by atoms with Crippen molar-refractivity contribution in [1.29, 1.82) is 0 Å². The summed E-state index contributed by atoms with van der Waals surface area (Å²) in [6.45, 7) is 3.62. The van der Waals surface area contributed by atoms with E-state index >= 15 is 0 Å². The van der Waals surface area contributed by atoms with Crippen molar-refractivity contribution in [1.82, 2.24) is 20.1 Å². The van der Waals surface area contributed by atoms with Crippen LogP contribution in [0.25, 0.3) is 5.82 Å². The van der Waals surface area contributed by atoms with Crippen LogP contribution < -0.4 is 10.6 Å². The fourth-order valence-electron chi connectivity index (χ4n) is 3.58. The van der Waals surface area contributed by atoms with Crippen molar-refractivity contribution >= 4 is 46.5 Å². The van der Waals surface area contributed by atoms with Crippen LogP contribution in [0.3, 0.4) is 0 Å². The summed E-state index contributed by atoms with van der Waals surface area (Å²) in [6.07, 6.45) is 3.53. The average Bonchev–Trinajstić information content (AvgIpc) is 3.54. The molecule has 2 heterocycles. The Labute approximate surface area is 204 Å². The number of aromatic nitrogens is 3. The summed E-state index contributed by atoms with van der Waals surface area (Å²) in [5.41, 5.74) is 0.778. The maximum Gasteiger partial charge on any atom is 0.391 e. The van der Waals surface area contributed by atoms with Crippen molar-refractivity contribution in [2.24, 2.45) is 5.92 Å². The Morgan fingerprint density at radius 3 is 2.62 bits per heavy atom. The van der Waals surface area contributed by atoms with E-state index in [1.807, 2.05) is 6.92 Å². The lowest BCUT2D eigenvalue weighted by atomic mass is 10.1. The zero-order chi connectivity index (χ0) is 24.6. The molecular weight excluding hydrogens is 483 g/mol. The Hall–Kier alpha value is -3.50. The van der Waals surface area contributed by atoms with Crippen molar-refractivity contribution in [2.75, 3.05) is 5.32 Å². The third kappa shape index (κ3) is 4.87. The fourth-order valence-corrected chi connectivity index (χ4v) is 4.05. The molecule has 12 heteroatoms. The minimum atomic E-state index is -0.739. The zero-order valence-corrected chi connectivity index (χ0v) is 19.7. The molecule has 1 saturated carbocycles. The quantitative estimate of drug-likeness (QED) is 0.359. The fraction of sp³-hybridized carbons (Fsp3) is 0.273.